The van der Waals surface area contributed by atoms with E-state index in [-0.39, 0.29) is 5.56 Å². The molecule has 0 aliphatic heterocycles. The van der Waals surface area contributed by atoms with E-state index in [1.54, 1.807) is 12.1 Å². The zero-order valence-corrected chi connectivity index (χ0v) is 9.27. The van der Waals surface area contributed by atoms with Crippen molar-refractivity contribution in [2.75, 3.05) is 19.8 Å². The summed E-state index contributed by atoms with van der Waals surface area (Å²) < 4.78 is 5.16. The van der Waals surface area contributed by atoms with Crippen LogP contribution >= 0.6 is 0 Å². The molecule has 0 aromatic carbocycles. The van der Waals surface area contributed by atoms with Crippen LogP contribution in [0.15, 0.2) is 18.3 Å². The van der Waals surface area contributed by atoms with Crippen LogP contribution < -0.4 is 5.32 Å². The van der Waals surface area contributed by atoms with Crippen LogP contribution in [0.3, 0.4) is 0 Å². The Morgan fingerprint density at radius 1 is 1.56 bits per heavy atom. The first kappa shape index (κ1) is 12.6. The maximum Gasteiger partial charge on any atom is 0.337 e. The van der Waals surface area contributed by atoms with Crippen molar-refractivity contribution in [2.45, 2.75) is 13.5 Å². The normalized spacial score (nSPS) is 10.3. The van der Waals surface area contributed by atoms with Gasteiger partial charge in [0, 0.05) is 25.9 Å². The van der Waals surface area contributed by atoms with E-state index < -0.39 is 5.97 Å². The van der Waals surface area contributed by atoms with Crippen LogP contribution in [-0.2, 0) is 11.3 Å². The maximum absolute atomic E-state index is 10.6. The van der Waals surface area contributed by atoms with Crippen LogP contribution in [0.25, 0.3) is 0 Å². The lowest BCUT2D eigenvalue weighted by Crippen LogP contribution is -2.19. The Labute approximate surface area is 94.5 Å². The van der Waals surface area contributed by atoms with Gasteiger partial charge in [0.1, 0.15) is 0 Å². The number of hydrogen-bond acceptors (Lipinski definition) is 4. The Hall–Kier alpha value is -1.46. The molecule has 1 aromatic heterocycles. The molecule has 0 saturated heterocycles. The Kier molecular flexibility index (Phi) is 5.45. The number of pyridine rings is 1. The monoisotopic (exact) mass is 224 g/mol. The van der Waals surface area contributed by atoms with E-state index in [0.717, 1.165) is 12.2 Å². The van der Waals surface area contributed by atoms with Gasteiger partial charge in [0.15, 0.2) is 0 Å². The topological polar surface area (TPSA) is 71.5 Å². The van der Waals surface area contributed by atoms with E-state index in [0.29, 0.717) is 19.8 Å². The quantitative estimate of drug-likeness (QED) is 0.673. The van der Waals surface area contributed by atoms with E-state index in [1.807, 2.05) is 6.92 Å². The van der Waals surface area contributed by atoms with Crippen molar-refractivity contribution in [3.05, 3.63) is 29.6 Å². The molecular formula is C11H16N2O3. The minimum atomic E-state index is -0.955. The van der Waals surface area contributed by atoms with Gasteiger partial charge in [0.05, 0.1) is 17.9 Å². The van der Waals surface area contributed by atoms with Crippen molar-refractivity contribution < 1.29 is 14.6 Å². The molecule has 1 heterocycles. The predicted octanol–water partition coefficient (Wildman–Crippen LogP) is 0.906. The molecule has 0 aliphatic carbocycles. The fraction of sp³-hybridized carbons (Fsp3) is 0.455. The van der Waals surface area contributed by atoms with Gasteiger partial charge in [-0.05, 0) is 19.1 Å². The van der Waals surface area contributed by atoms with Crippen molar-refractivity contribution in [3.8, 4) is 0 Å². The summed E-state index contributed by atoms with van der Waals surface area (Å²) in [5, 5.41) is 11.8. The first-order valence-corrected chi connectivity index (χ1v) is 5.20. The number of carboxylic acids is 1. The summed E-state index contributed by atoms with van der Waals surface area (Å²) in [7, 11) is 0. The number of nitrogens with one attached hydrogen (secondary N) is 1. The minimum absolute atomic E-state index is 0.207. The molecule has 0 saturated carbocycles. The first-order chi connectivity index (χ1) is 7.74. The molecule has 0 atom stereocenters. The van der Waals surface area contributed by atoms with Crippen molar-refractivity contribution in [1.29, 1.82) is 0 Å². The average Bonchev–Trinajstić information content (AvgIpc) is 2.29. The SMILES string of the molecule is CCOCCNCc1ccc(C(=O)O)cn1. The molecule has 0 spiro atoms. The van der Waals surface area contributed by atoms with Gasteiger partial charge in [-0.15, -0.1) is 0 Å². The second-order valence-electron chi connectivity index (χ2n) is 3.22. The van der Waals surface area contributed by atoms with Crippen LogP contribution in [0, 0.1) is 0 Å². The number of ether oxygens (including phenoxy) is 1. The van der Waals surface area contributed by atoms with Crippen molar-refractivity contribution in [1.82, 2.24) is 10.3 Å². The molecule has 0 aliphatic rings. The summed E-state index contributed by atoms with van der Waals surface area (Å²) >= 11 is 0. The molecule has 1 aromatic rings. The summed E-state index contributed by atoms with van der Waals surface area (Å²) in [4.78, 5) is 14.6. The third-order valence-electron chi connectivity index (χ3n) is 2.01. The highest BCUT2D eigenvalue weighted by molar-refractivity contribution is 5.87. The minimum Gasteiger partial charge on any atom is -0.478 e. The first-order valence-electron chi connectivity index (χ1n) is 5.20. The summed E-state index contributed by atoms with van der Waals surface area (Å²) in [6.07, 6.45) is 1.36. The second-order valence-corrected chi connectivity index (χ2v) is 3.22. The fourth-order valence-electron chi connectivity index (χ4n) is 1.16. The highest BCUT2D eigenvalue weighted by atomic mass is 16.5. The molecule has 88 valence electrons. The Balaban J connectivity index is 2.29. The molecule has 5 nitrogen and oxygen atoms in total. The summed E-state index contributed by atoms with van der Waals surface area (Å²) in [5.41, 5.74) is 1.03. The van der Waals surface area contributed by atoms with Crippen LogP contribution in [0.2, 0.25) is 0 Å². The van der Waals surface area contributed by atoms with Crippen LogP contribution in [-0.4, -0.2) is 35.8 Å². The molecule has 5 heteroatoms. The van der Waals surface area contributed by atoms with E-state index in [2.05, 4.69) is 10.3 Å². The number of carbonyl (C=O) groups is 1. The molecule has 0 bridgehead atoms. The molecule has 0 fully saturated rings. The van der Waals surface area contributed by atoms with Crippen molar-refractivity contribution in [3.63, 3.8) is 0 Å². The van der Waals surface area contributed by atoms with Gasteiger partial charge in [0.25, 0.3) is 0 Å². The van der Waals surface area contributed by atoms with Crippen LogP contribution in [0.1, 0.15) is 23.0 Å². The number of aromatic nitrogens is 1. The highest BCUT2D eigenvalue weighted by Crippen LogP contribution is 1.99. The smallest absolute Gasteiger partial charge is 0.337 e. The average molecular weight is 224 g/mol. The highest BCUT2D eigenvalue weighted by Gasteiger charge is 2.02. The second kappa shape index (κ2) is 6.92. The molecular weight excluding hydrogens is 208 g/mol. The predicted molar refractivity (Wildman–Crippen MR) is 59.4 cm³/mol. The maximum atomic E-state index is 10.6. The molecule has 1 rings (SSSR count). The van der Waals surface area contributed by atoms with Crippen LogP contribution in [0.5, 0.6) is 0 Å². The third kappa shape index (κ3) is 4.37. The summed E-state index contributed by atoms with van der Waals surface area (Å²) in [6, 6.07) is 3.26. The fourth-order valence-corrected chi connectivity index (χ4v) is 1.16. The van der Waals surface area contributed by atoms with Crippen molar-refractivity contribution >= 4 is 5.97 Å². The van der Waals surface area contributed by atoms with Crippen molar-refractivity contribution in [2.24, 2.45) is 0 Å². The largest absolute Gasteiger partial charge is 0.478 e. The Morgan fingerprint density at radius 3 is 2.94 bits per heavy atom. The Bertz CT molecular complexity index is 325. The lowest BCUT2D eigenvalue weighted by atomic mass is 10.2. The molecule has 16 heavy (non-hydrogen) atoms. The number of nitrogens with zero attached hydrogens (tertiary/aromatic N) is 1. The number of carboxylic acid groups (broad SMARTS) is 1. The molecule has 2 N–H and O–H groups in total. The van der Waals surface area contributed by atoms with E-state index in [4.69, 9.17) is 9.84 Å². The molecule has 0 radical (unpaired) electrons. The van der Waals surface area contributed by atoms with Gasteiger partial charge in [-0.25, -0.2) is 4.79 Å². The van der Waals surface area contributed by atoms with Gasteiger partial charge in [-0.1, -0.05) is 0 Å². The molecule has 0 unspecified atom stereocenters. The lowest BCUT2D eigenvalue weighted by Gasteiger charge is -2.04. The number of rotatable bonds is 7. The number of aromatic carboxylic acids is 1. The summed E-state index contributed by atoms with van der Waals surface area (Å²) in [5.74, 6) is -0.955. The Morgan fingerprint density at radius 2 is 2.38 bits per heavy atom. The van der Waals surface area contributed by atoms with Gasteiger partial charge < -0.3 is 15.2 Å². The van der Waals surface area contributed by atoms with Gasteiger partial charge in [-0.3, -0.25) is 4.98 Å². The molecule has 0 amide bonds. The summed E-state index contributed by atoms with van der Waals surface area (Å²) in [6.45, 7) is 4.71. The van der Waals surface area contributed by atoms with Gasteiger partial charge >= 0.3 is 5.97 Å². The standard InChI is InChI=1S/C11H16N2O3/c1-2-16-6-5-12-8-10-4-3-9(7-13-10)11(14)15/h3-4,7,12H,2,5-6,8H2,1H3,(H,14,15). The third-order valence-corrected chi connectivity index (χ3v) is 2.01. The lowest BCUT2D eigenvalue weighted by molar-refractivity contribution is 0.0696. The van der Waals surface area contributed by atoms with E-state index in [1.165, 1.54) is 6.20 Å². The van der Waals surface area contributed by atoms with E-state index >= 15 is 0 Å². The zero-order chi connectivity index (χ0) is 11.8. The van der Waals surface area contributed by atoms with E-state index in [9.17, 15) is 4.79 Å². The van der Waals surface area contributed by atoms with Crippen LogP contribution in [0.4, 0.5) is 0 Å². The van der Waals surface area contributed by atoms with Gasteiger partial charge in [-0.2, -0.15) is 0 Å². The number of hydrogen-bond donors (Lipinski definition) is 2. The zero-order valence-electron chi connectivity index (χ0n) is 9.27. The van der Waals surface area contributed by atoms with Gasteiger partial charge in [0.2, 0.25) is 0 Å².